The van der Waals surface area contributed by atoms with Crippen molar-refractivity contribution in [3.8, 4) is 0 Å². The van der Waals surface area contributed by atoms with Crippen molar-refractivity contribution in [3.63, 3.8) is 0 Å². The molecule has 2 saturated carbocycles. The first-order valence-electron chi connectivity index (χ1n) is 5.80. The van der Waals surface area contributed by atoms with E-state index in [-0.39, 0.29) is 22.9 Å². The summed E-state index contributed by atoms with van der Waals surface area (Å²) in [6.45, 7) is 4.73. The second-order valence-electron chi connectivity index (χ2n) is 6.16. The molecule has 2 bridgehead atoms. The first kappa shape index (κ1) is 9.64. The van der Waals surface area contributed by atoms with Gasteiger partial charge in [0.15, 0.2) is 0 Å². The normalized spacial score (nSPS) is 51.4. The van der Waals surface area contributed by atoms with Gasteiger partial charge in [0.25, 0.3) is 0 Å². The molecule has 15 heavy (non-hydrogen) atoms. The van der Waals surface area contributed by atoms with E-state index in [2.05, 4.69) is 13.8 Å². The molecular weight excluding hydrogens is 192 g/mol. The average Bonchev–Trinajstić information content (AvgIpc) is 2.62. The van der Waals surface area contributed by atoms with Crippen molar-refractivity contribution in [3.05, 3.63) is 0 Å². The number of esters is 1. The van der Waals surface area contributed by atoms with Crippen LogP contribution in [-0.4, -0.2) is 23.8 Å². The van der Waals surface area contributed by atoms with Crippen LogP contribution in [0.5, 0.6) is 0 Å². The van der Waals surface area contributed by atoms with Crippen LogP contribution in [0.1, 0.15) is 33.1 Å². The molecule has 1 heterocycles. The fraction of sp³-hybridized carbons (Fsp3) is 0.917. The van der Waals surface area contributed by atoms with Crippen molar-refractivity contribution >= 4 is 5.97 Å². The molecule has 2 aliphatic carbocycles. The molecule has 3 nitrogen and oxygen atoms in total. The van der Waals surface area contributed by atoms with E-state index in [1.807, 2.05) is 0 Å². The predicted molar refractivity (Wildman–Crippen MR) is 54.0 cm³/mol. The monoisotopic (exact) mass is 210 g/mol. The molecule has 84 valence electrons. The second kappa shape index (κ2) is 2.57. The Morgan fingerprint density at radius 2 is 2.13 bits per heavy atom. The van der Waals surface area contributed by atoms with E-state index in [9.17, 15) is 9.90 Å². The minimum absolute atomic E-state index is 0.000246. The largest absolute Gasteiger partial charge is 0.465 e. The SMILES string of the molecule is CC1(C)C2C[C@H]3CC(=O)OC[C@]3(C2)[C@H]1O. The maximum Gasteiger partial charge on any atom is 0.306 e. The smallest absolute Gasteiger partial charge is 0.306 e. The molecule has 3 aliphatic rings. The average molecular weight is 210 g/mol. The van der Waals surface area contributed by atoms with E-state index in [1.54, 1.807) is 0 Å². The second-order valence-corrected chi connectivity index (χ2v) is 6.16. The molecule has 1 spiro atoms. The lowest BCUT2D eigenvalue weighted by Crippen LogP contribution is -2.52. The number of aliphatic hydroxyl groups excluding tert-OH is 1. The van der Waals surface area contributed by atoms with E-state index in [4.69, 9.17) is 4.74 Å². The van der Waals surface area contributed by atoms with Gasteiger partial charge in [0.05, 0.1) is 12.7 Å². The van der Waals surface area contributed by atoms with Gasteiger partial charge in [0.2, 0.25) is 0 Å². The van der Waals surface area contributed by atoms with Crippen molar-refractivity contribution in [1.29, 1.82) is 0 Å². The van der Waals surface area contributed by atoms with Gasteiger partial charge < -0.3 is 9.84 Å². The molecule has 0 radical (unpaired) electrons. The summed E-state index contributed by atoms with van der Waals surface area (Å²) < 4.78 is 5.18. The topological polar surface area (TPSA) is 46.5 Å². The molecule has 4 atom stereocenters. The van der Waals surface area contributed by atoms with Crippen LogP contribution in [0.25, 0.3) is 0 Å². The minimum Gasteiger partial charge on any atom is -0.465 e. The van der Waals surface area contributed by atoms with Gasteiger partial charge in [-0.15, -0.1) is 0 Å². The van der Waals surface area contributed by atoms with Gasteiger partial charge >= 0.3 is 5.97 Å². The fourth-order valence-corrected chi connectivity index (χ4v) is 4.17. The van der Waals surface area contributed by atoms with E-state index >= 15 is 0 Å². The molecule has 0 aromatic carbocycles. The Bertz CT molecular complexity index is 323. The number of carbonyl (C=O) groups excluding carboxylic acids is 1. The van der Waals surface area contributed by atoms with Crippen LogP contribution in [-0.2, 0) is 9.53 Å². The van der Waals surface area contributed by atoms with E-state index in [1.165, 1.54) is 0 Å². The summed E-state index contributed by atoms with van der Waals surface area (Å²) in [7, 11) is 0. The quantitative estimate of drug-likeness (QED) is 0.614. The number of aliphatic hydroxyl groups is 1. The van der Waals surface area contributed by atoms with Gasteiger partial charge in [0.1, 0.15) is 0 Å². The summed E-state index contributed by atoms with van der Waals surface area (Å²) in [6.07, 6.45) is 2.35. The summed E-state index contributed by atoms with van der Waals surface area (Å²) in [5.74, 6) is 0.849. The maximum atomic E-state index is 11.2. The zero-order valence-corrected chi connectivity index (χ0v) is 9.32. The van der Waals surface area contributed by atoms with Crippen LogP contribution in [0.15, 0.2) is 0 Å². The third-order valence-corrected chi connectivity index (χ3v) is 5.22. The van der Waals surface area contributed by atoms with Crippen molar-refractivity contribution < 1.29 is 14.6 Å². The Balaban J connectivity index is 1.97. The van der Waals surface area contributed by atoms with E-state index in [0.29, 0.717) is 24.9 Å². The summed E-state index contributed by atoms with van der Waals surface area (Å²) in [5.41, 5.74) is -0.109. The number of cyclic esters (lactones) is 1. The number of ether oxygens (including phenoxy) is 1. The molecule has 0 amide bonds. The van der Waals surface area contributed by atoms with Crippen molar-refractivity contribution in [2.75, 3.05) is 6.61 Å². The third-order valence-electron chi connectivity index (χ3n) is 5.22. The van der Waals surface area contributed by atoms with Crippen LogP contribution < -0.4 is 0 Å². The zero-order valence-electron chi connectivity index (χ0n) is 9.32. The molecule has 1 N–H and O–H groups in total. The summed E-state index contributed by atoms with van der Waals surface area (Å²) >= 11 is 0. The van der Waals surface area contributed by atoms with E-state index in [0.717, 1.165) is 12.8 Å². The van der Waals surface area contributed by atoms with Gasteiger partial charge in [0, 0.05) is 11.8 Å². The molecular formula is C12H18O3. The molecule has 1 unspecified atom stereocenters. The third kappa shape index (κ3) is 0.975. The van der Waals surface area contributed by atoms with Crippen molar-refractivity contribution in [2.45, 2.75) is 39.2 Å². The number of fused-ring (bicyclic) bond motifs is 1. The standard InChI is InChI=1S/C12H18O3/c1-11(2)8-3-7-4-9(13)15-6-12(7,5-8)10(11)14/h7-8,10,14H,3-6H2,1-2H3/t7-,8?,10-,12-/m0/s1. The predicted octanol–water partition coefficient (Wildman–Crippen LogP) is 1.35. The molecule has 3 rings (SSSR count). The van der Waals surface area contributed by atoms with Crippen LogP contribution >= 0.6 is 0 Å². The first-order valence-corrected chi connectivity index (χ1v) is 5.80. The Morgan fingerprint density at radius 1 is 1.40 bits per heavy atom. The lowest BCUT2D eigenvalue weighted by atomic mass is 9.63. The van der Waals surface area contributed by atoms with Crippen molar-refractivity contribution in [1.82, 2.24) is 0 Å². The molecule has 0 aromatic heterocycles. The maximum absolute atomic E-state index is 11.2. The van der Waals surface area contributed by atoms with E-state index < -0.39 is 0 Å². The highest BCUT2D eigenvalue weighted by Gasteiger charge is 2.67. The Kier molecular flexibility index (Phi) is 1.65. The molecule has 1 saturated heterocycles. The fourth-order valence-electron chi connectivity index (χ4n) is 4.17. The van der Waals surface area contributed by atoms with Crippen LogP contribution in [0.4, 0.5) is 0 Å². The molecule has 0 aromatic rings. The summed E-state index contributed by atoms with van der Waals surface area (Å²) in [5, 5.41) is 10.4. The van der Waals surface area contributed by atoms with Gasteiger partial charge in [-0.25, -0.2) is 0 Å². The van der Waals surface area contributed by atoms with Gasteiger partial charge in [-0.2, -0.15) is 0 Å². The molecule has 3 fully saturated rings. The zero-order chi connectivity index (χ0) is 10.8. The number of hydrogen-bond acceptors (Lipinski definition) is 3. The summed E-state index contributed by atoms with van der Waals surface area (Å²) in [6, 6.07) is 0. The lowest BCUT2D eigenvalue weighted by molar-refractivity contribution is -0.174. The molecule has 1 aliphatic heterocycles. The number of rotatable bonds is 0. The first-order chi connectivity index (χ1) is 6.97. The Hall–Kier alpha value is -0.570. The highest BCUT2D eigenvalue weighted by atomic mass is 16.5. The highest BCUT2D eigenvalue weighted by Crippen LogP contribution is 2.66. The highest BCUT2D eigenvalue weighted by molar-refractivity contribution is 5.71. The number of hydrogen-bond donors (Lipinski definition) is 1. The minimum atomic E-state index is -0.304. The number of carbonyl (C=O) groups is 1. The lowest BCUT2D eigenvalue weighted by Gasteiger charge is -2.47. The van der Waals surface area contributed by atoms with Gasteiger partial charge in [-0.1, -0.05) is 13.8 Å². The molecule has 3 heteroatoms. The van der Waals surface area contributed by atoms with Gasteiger partial charge in [-0.05, 0) is 30.1 Å². The Labute approximate surface area is 89.8 Å². The van der Waals surface area contributed by atoms with Crippen LogP contribution in [0, 0.1) is 22.7 Å². The van der Waals surface area contributed by atoms with Gasteiger partial charge in [-0.3, -0.25) is 4.79 Å². The van der Waals surface area contributed by atoms with Crippen LogP contribution in [0.2, 0.25) is 0 Å². The van der Waals surface area contributed by atoms with Crippen LogP contribution in [0.3, 0.4) is 0 Å². The Morgan fingerprint density at radius 3 is 2.80 bits per heavy atom. The summed E-state index contributed by atoms with van der Waals surface area (Å²) in [4.78, 5) is 11.2. The van der Waals surface area contributed by atoms with Crippen molar-refractivity contribution in [2.24, 2.45) is 22.7 Å².